The van der Waals surface area contributed by atoms with Gasteiger partial charge in [-0.3, -0.25) is 9.59 Å². The van der Waals surface area contributed by atoms with Crippen molar-refractivity contribution >= 4 is 40.5 Å². The Morgan fingerprint density at radius 1 is 1.03 bits per heavy atom. The fourth-order valence-electron chi connectivity index (χ4n) is 4.28. The van der Waals surface area contributed by atoms with Gasteiger partial charge in [-0.05, 0) is 67.3 Å². The molecule has 1 aliphatic heterocycles. The van der Waals surface area contributed by atoms with Gasteiger partial charge < -0.3 is 10.0 Å². The first-order valence-corrected chi connectivity index (χ1v) is 13.0. The lowest BCUT2D eigenvalue weighted by Gasteiger charge is -2.34. The van der Waals surface area contributed by atoms with Crippen molar-refractivity contribution in [1.29, 1.82) is 0 Å². The van der Waals surface area contributed by atoms with Crippen LogP contribution < -0.4 is 4.90 Å². The van der Waals surface area contributed by atoms with Crippen LogP contribution >= 0.6 is 23.2 Å². The van der Waals surface area contributed by atoms with Crippen LogP contribution in [0.4, 0.5) is 5.69 Å². The maximum Gasteiger partial charge on any atom is 0.214 e. The second kappa shape index (κ2) is 10.7. The van der Waals surface area contributed by atoms with Crippen LogP contribution in [0.3, 0.4) is 0 Å². The first kappa shape index (κ1) is 26.9. The van der Waals surface area contributed by atoms with Crippen LogP contribution in [-0.4, -0.2) is 22.3 Å². The number of ketones is 2. The number of hydrogen-bond acceptors (Lipinski definition) is 4. The van der Waals surface area contributed by atoms with Crippen LogP contribution in [0, 0.1) is 5.92 Å². The summed E-state index contributed by atoms with van der Waals surface area (Å²) < 4.78 is 0. The largest absolute Gasteiger partial charge is 0.374 e. The number of benzene rings is 2. The molecule has 0 radical (unpaired) electrons. The third kappa shape index (κ3) is 5.42. The van der Waals surface area contributed by atoms with E-state index in [4.69, 9.17) is 23.2 Å². The third-order valence-electron chi connectivity index (χ3n) is 6.71. The number of allylic oxidation sites excluding steroid dienone is 6. The zero-order valence-corrected chi connectivity index (χ0v) is 22.8. The quantitative estimate of drug-likeness (QED) is 0.307. The summed E-state index contributed by atoms with van der Waals surface area (Å²) >= 11 is 12.4. The van der Waals surface area contributed by atoms with Crippen LogP contribution in [-0.2, 0) is 9.59 Å². The number of carbonyl (C=O) groups is 2. The number of Topliss-reactive ketones (excluding diaryl/α,β-unsaturated/α-hetero) is 2. The summed E-state index contributed by atoms with van der Waals surface area (Å²) in [5.74, 6) is -1.02. The average Bonchev–Trinajstić information content (AvgIpc) is 2.90. The van der Waals surface area contributed by atoms with E-state index in [2.05, 4.69) is 19.9 Å². The van der Waals surface area contributed by atoms with Crippen molar-refractivity contribution in [1.82, 2.24) is 0 Å². The Hall–Kier alpha value is -3.18. The van der Waals surface area contributed by atoms with Gasteiger partial charge in [-0.25, -0.2) is 0 Å². The number of fused-ring (bicyclic) bond motifs is 1. The van der Waals surface area contributed by atoms with E-state index < -0.39 is 17.2 Å². The minimum absolute atomic E-state index is 0.147. The number of halogens is 2. The van der Waals surface area contributed by atoms with Gasteiger partial charge in [0.15, 0.2) is 5.60 Å². The molecule has 2 aromatic carbocycles. The van der Waals surface area contributed by atoms with Crippen molar-refractivity contribution in [3.63, 3.8) is 0 Å². The van der Waals surface area contributed by atoms with Crippen LogP contribution in [0.1, 0.15) is 34.1 Å². The highest BCUT2D eigenvalue weighted by atomic mass is 35.5. The molecular weight excluding hydrogens is 505 g/mol. The number of carbonyl (C=O) groups excluding carboxylic acids is 2. The number of anilines is 1. The van der Waals surface area contributed by atoms with Crippen molar-refractivity contribution in [2.45, 2.75) is 39.7 Å². The van der Waals surface area contributed by atoms with Crippen LogP contribution in [0.15, 0.2) is 106 Å². The molecule has 0 aromatic heterocycles. The van der Waals surface area contributed by atoms with Crippen molar-refractivity contribution in [3.05, 3.63) is 112 Å². The average molecular weight is 534 g/mol. The fourth-order valence-corrected chi connectivity index (χ4v) is 4.75. The molecule has 6 heteroatoms. The fraction of sp³-hybridized carbons (Fsp3) is 0.226. The third-order valence-corrected chi connectivity index (χ3v) is 7.34. The van der Waals surface area contributed by atoms with Crippen molar-refractivity contribution in [3.8, 4) is 11.1 Å². The maximum atomic E-state index is 13.1. The molecule has 0 spiro atoms. The molecule has 0 fully saturated rings. The molecule has 1 aliphatic carbocycles. The highest BCUT2D eigenvalue weighted by molar-refractivity contribution is 6.49. The van der Waals surface area contributed by atoms with Gasteiger partial charge >= 0.3 is 0 Å². The first-order chi connectivity index (χ1) is 17.5. The topological polar surface area (TPSA) is 57.6 Å². The van der Waals surface area contributed by atoms with Gasteiger partial charge in [0.1, 0.15) is 0 Å². The van der Waals surface area contributed by atoms with Gasteiger partial charge in [-0.1, -0.05) is 85.5 Å². The summed E-state index contributed by atoms with van der Waals surface area (Å²) in [7, 11) is 0. The van der Waals surface area contributed by atoms with Crippen molar-refractivity contribution < 1.29 is 14.7 Å². The lowest BCUT2D eigenvalue weighted by molar-refractivity contribution is -0.144. The molecule has 2 aliphatic rings. The Balaban J connectivity index is 1.79. The van der Waals surface area contributed by atoms with Gasteiger partial charge in [0.25, 0.3) is 0 Å². The molecule has 190 valence electrons. The molecule has 0 bridgehead atoms. The van der Waals surface area contributed by atoms with Gasteiger partial charge in [0.05, 0.1) is 5.03 Å². The van der Waals surface area contributed by atoms with Gasteiger partial charge in [0.2, 0.25) is 11.6 Å². The molecular formula is C31H29Cl2NO3. The summed E-state index contributed by atoms with van der Waals surface area (Å²) in [5.41, 5.74) is 3.00. The Labute approximate surface area is 227 Å². The number of rotatable bonds is 6. The lowest BCUT2D eigenvalue weighted by Crippen LogP contribution is -2.49. The highest BCUT2D eigenvalue weighted by Gasteiger charge is 2.48. The molecule has 0 saturated carbocycles. The van der Waals surface area contributed by atoms with Crippen LogP contribution in [0.2, 0.25) is 5.02 Å². The van der Waals surface area contributed by atoms with Crippen LogP contribution in [0.25, 0.3) is 11.1 Å². The van der Waals surface area contributed by atoms with Gasteiger partial charge in [0, 0.05) is 33.8 Å². The van der Waals surface area contributed by atoms with E-state index in [9.17, 15) is 14.7 Å². The van der Waals surface area contributed by atoms with E-state index in [0.29, 0.717) is 16.5 Å². The molecule has 0 saturated heterocycles. The molecule has 2 atom stereocenters. The van der Waals surface area contributed by atoms with E-state index >= 15 is 0 Å². The maximum absolute atomic E-state index is 13.1. The second-order valence-corrected chi connectivity index (χ2v) is 10.4. The smallest absolute Gasteiger partial charge is 0.214 e. The minimum atomic E-state index is -2.20. The molecule has 0 amide bonds. The summed E-state index contributed by atoms with van der Waals surface area (Å²) in [4.78, 5) is 27.6. The summed E-state index contributed by atoms with van der Waals surface area (Å²) in [6.45, 7) is 7.53. The minimum Gasteiger partial charge on any atom is -0.374 e. The van der Waals surface area contributed by atoms with Crippen LogP contribution in [0.5, 0.6) is 0 Å². The Bertz CT molecular complexity index is 1390. The normalized spacial score (nSPS) is 21.3. The Kier molecular flexibility index (Phi) is 7.75. The zero-order valence-electron chi connectivity index (χ0n) is 21.3. The summed E-state index contributed by atoms with van der Waals surface area (Å²) in [6.07, 6.45) is 10.5. The molecule has 0 unspecified atom stereocenters. The van der Waals surface area contributed by atoms with Crippen molar-refractivity contribution in [2.75, 3.05) is 4.90 Å². The Morgan fingerprint density at radius 3 is 2.22 bits per heavy atom. The molecule has 2 aromatic rings. The summed E-state index contributed by atoms with van der Waals surface area (Å²) in [5, 5.41) is 11.1. The monoisotopic (exact) mass is 533 g/mol. The standard InChI is InChI=1S/C31H29Cl2NO3/c1-5-19(2)16-20(3)6-13-25-17-26-27(29(35)31(4,37)30(36)28(26)33)18-34(25)24-14-9-22(10-15-24)21-7-11-23(32)12-8-21/h6-19,37H,5H2,1-4H3/b13-6+,20-16+/t19-,31+/m0/s1. The number of nitrogens with zero attached hydrogens (tertiary/aromatic N) is 1. The van der Waals surface area contributed by atoms with E-state index in [1.54, 1.807) is 12.3 Å². The van der Waals surface area contributed by atoms with Gasteiger partial charge in [-0.2, -0.15) is 0 Å². The first-order valence-electron chi connectivity index (χ1n) is 12.2. The molecule has 1 N–H and O–H groups in total. The zero-order chi connectivity index (χ0) is 26.9. The molecule has 4 rings (SSSR count). The molecule has 37 heavy (non-hydrogen) atoms. The van der Waals surface area contributed by atoms with E-state index in [0.717, 1.165) is 34.5 Å². The van der Waals surface area contributed by atoms with E-state index in [1.165, 1.54) is 6.92 Å². The highest BCUT2D eigenvalue weighted by Crippen LogP contribution is 2.39. The number of aliphatic hydroxyl groups is 1. The Morgan fingerprint density at radius 2 is 1.62 bits per heavy atom. The molecule has 1 heterocycles. The SMILES string of the molecule is CC[C@H](C)/C=C(C)/C=C/C1=CC2=C(Cl)C(=O)[C@](C)(O)C(=O)C2=CN1c1ccc(-c2ccc(Cl)cc2)cc1. The van der Waals surface area contributed by atoms with E-state index in [-0.39, 0.29) is 10.6 Å². The lowest BCUT2D eigenvalue weighted by atomic mass is 9.79. The van der Waals surface area contributed by atoms with Gasteiger partial charge in [-0.15, -0.1) is 0 Å². The second-order valence-electron chi connectivity index (χ2n) is 9.62. The molecule has 4 nitrogen and oxygen atoms in total. The van der Waals surface area contributed by atoms with E-state index in [1.807, 2.05) is 72.5 Å². The summed E-state index contributed by atoms with van der Waals surface area (Å²) in [6, 6.07) is 15.5. The van der Waals surface area contributed by atoms with Crippen molar-refractivity contribution in [2.24, 2.45) is 5.92 Å². The predicted molar refractivity (Wildman–Crippen MR) is 151 cm³/mol. The predicted octanol–water partition coefficient (Wildman–Crippen LogP) is 7.54. The number of hydrogen-bond donors (Lipinski definition) is 1.